The van der Waals surface area contributed by atoms with Gasteiger partial charge >= 0.3 is 5.97 Å². The predicted molar refractivity (Wildman–Crippen MR) is 162 cm³/mol. The number of benzene rings is 1. The maximum absolute atomic E-state index is 13.1. The van der Waals surface area contributed by atoms with E-state index in [1.165, 1.54) is 6.92 Å². The van der Waals surface area contributed by atoms with Gasteiger partial charge in [0.1, 0.15) is 6.61 Å². The smallest absolute Gasteiger partial charge is 0.302 e. The van der Waals surface area contributed by atoms with Crippen LogP contribution in [0.25, 0.3) is 0 Å². The van der Waals surface area contributed by atoms with Crippen LogP contribution in [0.15, 0.2) is 0 Å². The Bertz CT molecular complexity index is 1050. The Kier molecular flexibility index (Phi) is 13.9. The van der Waals surface area contributed by atoms with E-state index in [0.29, 0.717) is 10.7 Å². The number of aliphatic hydroxyl groups is 2. The molecule has 0 bridgehead atoms. The highest BCUT2D eigenvalue weighted by molar-refractivity contribution is 14.1. The fourth-order valence-corrected chi connectivity index (χ4v) is 7.68. The lowest BCUT2D eigenvalue weighted by Crippen LogP contribution is -2.41. The highest BCUT2D eigenvalue weighted by atomic mass is 127. The second kappa shape index (κ2) is 15.8. The number of hydrogen-bond donors (Lipinski definition) is 5. The van der Waals surface area contributed by atoms with Crippen LogP contribution in [0, 0.1) is 22.5 Å². The molecule has 38 heavy (non-hydrogen) atoms. The molecule has 1 aliphatic rings. The summed E-state index contributed by atoms with van der Waals surface area (Å²) in [6.45, 7) is 4.72. The van der Waals surface area contributed by atoms with Crippen molar-refractivity contribution in [3.63, 3.8) is 0 Å². The lowest BCUT2D eigenvalue weighted by Gasteiger charge is -2.31. The van der Waals surface area contributed by atoms with Crippen LogP contribution in [0.3, 0.4) is 0 Å². The molecule has 15 heteroatoms. The second-order valence-electron chi connectivity index (χ2n) is 8.67. The normalized spacial score (nSPS) is 18.0. The van der Waals surface area contributed by atoms with Gasteiger partial charge in [-0.15, -0.1) is 0 Å². The third kappa shape index (κ3) is 9.08. The van der Waals surface area contributed by atoms with Crippen LogP contribution in [-0.4, -0.2) is 85.8 Å². The van der Waals surface area contributed by atoms with Gasteiger partial charge in [0.15, 0.2) is 6.29 Å². The maximum Gasteiger partial charge on any atom is 0.302 e. The number of anilines is 1. The number of halogens is 3. The summed E-state index contributed by atoms with van der Waals surface area (Å²) < 4.78 is 17.3. The van der Waals surface area contributed by atoms with Gasteiger partial charge in [-0.05, 0) is 67.8 Å². The summed E-state index contributed by atoms with van der Waals surface area (Å²) in [7, 11) is 0. The van der Waals surface area contributed by atoms with Gasteiger partial charge in [-0.25, -0.2) is 0 Å². The van der Waals surface area contributed by atoms with Crippen molar-refractivity contribution in [1.29, 1.82) is 0 Å². The third-order valence-electron chi connectivity index (χ3n) is 5.26. The summed E-state index contributed by atoms with van der Waals surface area (Å²) in [6, 6.07) is 0. The van der Waals surface area contributed by atoms with Crippen LogP contribution < -0.4 is 16.0 Å². The van der Waals surface area contributed by atoms with E-state index in [-0.39, 0.29) is 55.6 Å². The van der Waals surface area contributed by atoms with Gasteiger partial charge in [0, 0.05) is 23.0 Å². The van der Waals surface area contributed by atoms with Crippen LogP contribution in [0.1, 0.15) is 41.5 Å². The topological polar surface area (TPSA) is 173 Å². The number of carbonyl (C=O) groups is 4. The van der Waals surface area contributed by atoms with Crippen molar-refractivity contribution in [2.24, 2.45) is 11.8 Å². The predicted octanol–water partition coefficient (Wildman–Crippen LogP) is 1.46. The molecule has 0 radical (unpaired) electrons. The maximum atomic E-state index is 13.1. The zero-order valence-electron chi connectivity index (χ0n) is 20.9. The standard InChI is InChI=1S/C23H30I3N3O9/c1-10(2)23-37-8-12(9-38-23)20(33)29-19-17(25)14(21(34)27-4-5-36-11(3)31)16(24)15(18(19)26)22(35)28-6-13(32)7-30/h10,12-13,23,30,32H,4-9H2,1-3H3,(H,27,34)(H,28,35)(H,29,33). The molecular weight excluding hydrogens is 843 g/mol. The van der Waals surface area contributed by atoms with Crippen molar-refractivity contribution >= 4 is 97.2 Å². The first-order chi connectivity index (χ1) is 17.9. The van der Waals surface area contributed by atoms with Crippen molar-refractivity contribution in [3.05, 3.63) is 21.8 Å². The number of hydrogen-bond acceptors (Lipinski definition) is 9. The fourth-order valence-electron chi connectivity index (χ4n) is 3.26. The molecule has 1 saturated heterocycles. The van der Waals surface area contributed by atoms with Crippen molar-refractivity contribution in [3.8, 4) is 0 Å². The van der Waals surface area contributed by atoms with Gasteiger partial charge in [-0.1, -0.05) is 13.8 Å². The Morgan fingerprint density at radius 2 is 1.55 bits per heavy atom. The van der Waals surface area contributed by atoms with E-state index < -0.39 is 48.6 Å². The molecule has 1 aliphatic heterocycles. The van der Waals surface area contributed by atoms with E-state index in [1.54, 1.807) is 0 Å². The molecule has 1 aromatic carbocycles. The first kappa shape index (κ1) is 33.3. The van der Waals surface area contributed by atoms with Gasteiger partial charge < -0.3 is 40.4 Å². The number of amides is 3. The van der Waals surface area contributed by atoms with E-state index in [0.717, 1.165) is 0 Å². The Labute approximate surface area is 261 Å². The number of esters is 1. The molecule has 5 N–H and O–H groups in total. The second-order valence-corrected chi connectivity index (χ2v) is 11.9. The van der Waals surface area contributed by atoms with E-state index >= 15 is 0 Å². The van der Waals surface area contributed by atoms with E-state index in [9.17, 15) is 24.3 Å². The van der Waals surface area contributed by atoms with Gasteiger partial charge in [-0.2, -0.15) is 0 Å². The molecule has 1 atom stereocenters. The zero-order valence-corrected chi connectivity index (χ0v) is 27.4. The molecule has 0 saturated carbocycles. The minimum atomic E-state index is -1.16. The molecule has 3 amide bonds. The summed E-state index contributed by atoms with van der Waals surface area (Å²) in [5.41, 5.74) is 0.530. The highest BCUT2D eigenvalue weighted by Crippen LogP contribution is 2.36. The van der Waals surface area contributed by atoms with Gasteiger partial charge in [0.05, 0.1) is 62.3 Å². The molecule has 1 aromatic rings. The van der Waals surface area contributed by atoms with Crippen molar-refractivity contribution < 1.29 is 43.6 Å². The number of ether oxygens (including phenoxy) is 3. The van der Waals surface area contributed by atoms with Crippen LogP contribution >= 0.6 is 67.8 Å². The van der Waals surface area contributed by atoms with Crippen molar-refractivity contribution in [2.45, 2.75) is 33.2 Å². The molecule has 212 valence electrons. The molecule has 1 heterocycles. The number of rotatable bonds is 11. The molecule has 0 aliphatic carbocycles. The van der Waals surface area contributed by atoms with Crippen molar-refractivity contribution in [1.82, 2.24) is 10.6 Å². The minimum Gasteiger partial charge on any atom is -0.464 e. The molecule has 2 rings (SSSR count). The van der Waals surface area contributed by atoms with Crippen LogP contribution in [0.2, 0.25) is 0 Å². The summed E-state index contributed by atoms with van der Waals surface area (Å²) in [4.78, 5) is 50.4. The fraction of sp³-hybridized carbons (Fsp3) is 0.565. The van der Waals surface area contributed by atoms with Gasteiger partial charge in [-0.3, -0.25) is 19.2 Å². The van der Waals surface area contributed by atoms with Gasteiger partial charge in [0.25, 0.3) is 11.8 Å². The van der Waals surface area contributed by atoms with Crippen LogP contribution in [-0.2, 0) is 23.8 Å². The largest absolute Gasteiger partial charge is 0.464 e. The SMILES string of the molecule is CC(=O)OCCNC(=O)c1c(I)c(NC(=O)C2COC(C(C)C)OC2)c(I)c(C(=O)NCC(O)CO)c1I. The highest BCUT2D eigenvalue weighted by Gasteiger charge is 2.32. The Balaban J connectivity index is 2.40. The lowest BCUT2D eigenvalue weighted by molar-refractivity contribution is -0.217. The summed E-state index contributed by atoms with van der Waals surface area (Å²) in [6.07, 6.45) is -1.56. The molecule has 0 spiro atoms. The lowest BCUT2D eigenvalue weighted by atomic mass is 10.1. The number of carbonyl (C=O) groups excluding carboxylic acids is 4. The Hall–Kier alpha value is -0.870. The molecule has 0 aromatic heterocycles. The van der Waals surface area contributed by atoms with E-state index in [2.05, 4.69) is 16.0 Å². The quantitative estimate of drug-likeness (QED) is 0.126. The average Bonchev–Trinajstić information content (AvgIpc) is 2.87. The molecular formula is C23H30I3N3O9. The monoisotopic (exact) mass is 873 g/mol. The molecule has 1 fully saturated rings. The van der Waals surface area contributed by atoms with Crippen LogP contribution in [0.4, 0.5) is 5.69 Å². The Morgan fingerprint density at radius 1 is 1.00 bits per heavy atom. The zero-order chi connectivity index (χ0) is 28.6. The first-order valence-corrected chi connectivity index (χ1v) is 14.9. The number of aliphatic hydroxyl groups excluding tert-OH is 2. The van der Waals surface area contributed by atoms with E-state index in [4.69, 9.17) is 19.3 Å². The average molecular weight is 873 g/mol. The minimum absolute atomic E-state index is 0.0341. The first-order valence-electron chi connectivity index (χ1n) is 11.6. The molecule has 12 nitrogen and oxygen atoms in total. The summed E-state index contributed by atoms with van der Waals surface area (Å²) >= 11 is 5.74. The van der Waals surface area contributed by atoms with Gasteiger partial charge in [0.2, 0.25) is 5.91 Å². The summed E-state index contributed by atoms with van der Waals surface area (Å²) in [5, 5.41) is 26.8. The van der Waals surface area contributed by atoms with Crippen molar-refractivity contribution in [2.75, 3.05) is 44.8 Å². The number of nitrogens with one attached hydrogen (secondary N) is 3. The summed E-state index contributed by atoms with van der Waals surface area (Å²) in [5.74, 6) is -2.49. The third-order valence-corrected chi connectivity index (χ3v) is 8.50. The Morgan fingerprint density at radius 3 is 2.05 bits per heavy atom. The van der Waals surface area contributed by atoms with E-state index in [1.807, 2.05) is 81.6 Å². The molecule has 1 unspecified atom stereocenters. The van der Waals surface area contributed by atoms with Crippen LogP contribution in [0.5, 0.6) is 0 Å².